The zero-order valence-corrected chi connectivity index (χ0v) is 13.7. The number of hydrogen-bond donors (Lipinski definition) is 1. The summed E-state index contributed by atoms with van der Waals surface area (Å²) in [7, 11) is 0. The van der Waals surface area contributed by atoms with Crippen LogP contribution in [0.15, 0.2) is 36.9 Å². The topological polar surface area (TPSA) is 99.1 Å². The summed E-state index contributed by atoms with van der Waals surface area (Å²) in [6.07, 6.45) is 2.98. The van der Waals surface area contributed by atoms with E-state index in [0.717, 1.165) is 24.5 Å². The standard InChI is InChI=1S/C18H20O7/c1-2-16(19)23-11-24-18(22)25-15-9-7-13(8-10-15)12-3-5-14(6-4-12)17(20)21/h2,7-10,12,14H,1,3-6,11H2,(H,20,21). The third kappa shape index (κ3) is 5.63. The van der Waals surface area contributed by atoms with Gasteiger partial charge in [0.2, 0.25) is 6.79 Å². The zero-order chi connectivity index (χ0) is 18.2. The highest BCUT2D eigenvalue weighted by atomic mass is 16.8. The highest BCUT2D eigenvalue weighted by Gasteiger charge is 2.26. The molecule has 1 aromatic carbocycles. The van der Waals surface area contributed by atoms with Crippen LogP contribution in [0.2, 0.25) is 0 Å². The first kappa shape index (κ1) is 18.5. The Morgan fingerprint density at radius 1 is 1.08 bits per heavy atom. The van der Waals surface area contributed by atoms with Crippen molar-refractivity contribution in [2.24, 2.45) is 5.92 Å². The van der Waals surface area contributed by atoms with Crippen molar-refractivity contribution in [3.63, 3.8) is 0 Å². The van der Waals surface area contributed by atoms with Crippen LogP contribution in [0.25, 0.3) is 0 Å². The summed E-state index contributed by atoms with van der Waals surface area (Å²) in [5.74, 6) is -1.05. The van der Waals surface area contributed by atoms with Crippen LogP contribution in [-0.2, 0) is 19.1 Å². The van der Waals surface area contributed by atoms with Crippen molar-refractivity contribution in [1.82, 2.24) is 0 Å². The molecule has 1 fully saturated rings. The van der Waals surface area contributed by atoms with Crippen molar-refractivity contribution in [3.05, 3.63) is 42.5 Å². The molecule has 0 bridgehead atoms. The molecule has 0 aromatic heterocycles. The average molecular weight is 348 g/mol. The fourth-order valence-electron chi connectivity index (χ4n) is 2.80. The van der Waals surface area contributed by atoms with Crippen LogP contribution in [0.1, 0.15) is 37.2 Å². The Morgan fingerprint density at radius 3 is 2.28 bits per heavy atom. The molecular formula is C18H20O7. The summed E-state index contributed by atoms with van der Waals surface area (Å²) in [4.78, 5) is 33.2. The van der Waals surface area contributed by atoms with Gasteiger partial charge in [0.05, 0.1) is 5.92 Å². The van der Waals surface area contributed by atoms with Crippen molar-refractivity contribution in [2.75, 3.05) is 6.79 Å². The molecule has 0 aliphatic heterocycles. The summed E-state index contributed by atoms with van der Waals surface area (Å²) in [6, 6.07) is 7.00. The third-order valence-corrected chi connectivity index (χ3v) is 4.17. The number of hydrogen-bond acceptors (Lipinski definition) is 6. The number of benzene rings is 1. The van der Waals surface area contributed by atoms with E-state index in [1.165, 1.54) is 0 Å². The lowest BCUT2D eigenvalue weighted by atomic mass is 9.79. The molecule has 0 amide bonds. The Morgan fingerprint density at radius 2 is 1.72 bits per heavy atom. The van der Waals surface area contributed by atoms with Crippen LogP contribution in [-0.4, -0.2) is 30.0 Å². The summed E-state index contributed by atoms with van der Waals surface area (Å²) >= 11 is 0. The van der Waals surface area contributed by atoms with Gasteiger partial charge in [0, 0.05) is 6.08 Å². The van der Waals surface area contributed by atoms with Crippen LogP contribution in [0.5, 0.6) is 5.75 Å². The van der Waals surface area contributed by atoms with Gasteiger partial charge in [0.15, 0.2) is 0 Å². The van der Waals surface area contributed by atoms with E-state index in [2.05, 4.69) is 16.1 Å². The van der Waals surface area contributed by atoms with Crippen molar-refractivity contribution in [3.8, 4) is 5.75 Å². The molecular weight excluding hydrogens is 328 g/mol. The quantitative estimate of drug-likeness (QED) is 0.364. The maximum absolute atomic E-state index is 11.5. The van der Waals surface area contributed by atoms with Crippen molar-refractivity contribution in [2.45, 2.75) is 31.6 Å². The second kappa shape index (κ2) is 8.86. The van der Waals surface area contributed by atoms with Gasteiger partial charge >= 0.3 is 18.1 Å². The van der Waals surface area contributed by atoms with Crippen molar-refractivity contribution < 1.29 is 33.7 Å². The van der Waals surface area contributed by atoms with Crippen LogP contribution < -0.4 is 4.74 Å². The smallest absolute Gasteiger partial charge is 0.481 e. The molecule has 1 saturated carbocycles. The van der Waals surface area contributed by atoms with E-state index in [4.69, 9.17) is 9.84 Å². The second-order valence-corrected chi connectivity index (χ2v) is 5.74. The molecule has 7 heteroatoms. The molecule has 0 spiro atoms. The van der Waals surface area contributed by atoms with Crippen LogP contribution in [0.4, 0.5) is 4.79 Å². The fourth-order valence-corrected chi connectivity index (χ4v) is 2.80. The van der Waals surface area contributed by atoms with Crippen LogP contribution in [0.3, 0.4) is 0 Å². The Hall–Kier alpha value is -2.83. The van der Waals surface area contributed by atoms with Gasteiger partial charge in [-0.05, 0) is 49.3 Å². The van der Waals surface area contributed by atoms with Crippen molar-refractivity contribution in [1.29, 1.82) is 0 Å². The molecule has 0 heterocycles. The Kier molecular flexibility index (Phi) is 6.56. The van der Waals surface area contributed by atoms with E-state index in [0.29, 0.717) is 24.5 Å². The molecule has 1 aliphatic rings. The van der Waals surface area contributed by atoms with E-state index in [1.54, 1.807) is 12.1 Å². The van der Waals surface area contributed by atoms with E-state index >= 15 is 0 Å². The van der Waals surface area contributed by atoms with Crippen molar-refractivity contribution >= 4 is 18.1 Å². The van der Waals surface area contributed by atoms with E-state index < -0.39 is 24.9 Å². The molecule has 0 unspecified atom stereocenters. The molecule has 2 rings (SSSR count). The Labute approximate surface area is 145 Å². The lowest BCUT2D eigenvalue weighted by Gasteiger charge is -2.26. The van der Waals surface area contributed by atoms with Gasteiger partial charge in [-0.1, -0.05) is 18.7 Å². The summed E-state index contributed by atoms with van der Waals surface area (Å²) in [5.41, 5.74) is 1.09. The molecule has 0 saturated heterocycles. The Bertz CT molecular complexity index is 627. The minimum atomic E-state index is -0.980. The predicted octanol–water partition coefficient (Wildman–Crippen LogP) is 3.25. The maximum Gasteiger partial charge on any atom is 0.516 e. The largest absolute Gasteiger partial charge is 0.516 e. The molecule has 1 aromatic rings. The lowest BCUT2D eigenvalue weighted by molar-refractivity contribution is -0.146. The zero-order valence-electron chi connectivity index (χ0n) is 13.7. The third-order valence-electron chi connectivity index (χ3n) is 4.17. The minimum absolute atomic E-state index is 0.246. The Balaban J connectivity index is 1.80. The van der Waals surface area contributed by atoms with Gasteiger partial charge in [0.25, 0.3) is 0 Å². The predicted molar refractivity (Wildman–Crippen MR) is 87.0 cm³/mol. The molecule has 134 valence electrons. The maximum atomic E-state index is 11.5. The van der Waals surface area contributed by atoms with Crippen LogP contribution in [0, 0.1) is 5.92 Å². The van der Waals surface area contributed by atoms with Gasteiger partial charge in [-0.15, -0.1) is 0 Å². The van der Waals surface area contributed by atoms with Gasteiger partial charge in [-0.25, -0.2) is 9.59 Å². The summed E-state index contributed by atoms with van der Waals surface area (Å²) in [5, 5.41) is 9.03. The molecule has 1 aliphatic carbocycles. The number of aliphatic carboxylic acids is 1. The monoisotopic (exact) mass is 348 g/mol. The van der Waals surface area contributed by atoms with Gasteiger partial charge in [-0.2, -0.15) is 0 Å². The minimum Gasteiger partial charge on any atom is -0.481 e. The molecule has 25 heavy (non-hydrogen) atoms. The van der Waals surface area contributed by atoms with Gasteiger partial charge in [-0.3, -0.25) is 4.79 Å². The van der Waals surface area contributed by atoms with Crippen LogP contribution >= 0.6 is 0 Å². The number of carbonyl (C=O) groups is 3. The fraction of sp³-hybridized carbons (Fsp3) is 0.389. The molecule has 0 radical (unpaired) electrons. The van der Waals surface area contributed by atoms with E-state index in [9.17, 15) is 14.4 Å². The molecule has 0 atom stereocenters. The van der Waals surface area contributed by atoms with E-state index in [-0.39, 0.29) is 5.92 Å². The first-order chi connectivity index (χ1) is 12.0. The number of rotatable bonds is 6. The number of carboxylic acid groups (broad SMARTS) is 1. The lowest BCUT2D eigenvalue weighted by Crippen LogP contribution is -2.20. The number of carboxylic acids is 1. The highest BCUT2D eigenvalue weighted by Crippen LogP contribution is 2.36. The molecule has 7 nitrogen and oxygen atoms in total. The first-order valence-electron chi connectivity index (χ1n) is 7.96. The van der Waals surface area contributed by atoms with Gasteiger partial charge in [0.1, 0.15) is 5.75 Å². The highest BCUT2D eigenvalue weighted by molar-refractivity contribution is 5.81. The molecule has 1 N–H and O–H groups in total. The normalized spacial score (nSPS) is 19.5. The number of esters is 1. The second-order valence-electron chi connectivity index (χ2n) is 5.74. The number of carbonyl (C=O) groups excluding carboxylic acids is 2. The van der Waals surface area contributed by atoms with Gasteiger partial charge < -0.3 is 19.3 Å². The average Bonchev–Trinajstić information content (AvgIpc) is 2.62. The summed E-state index contributed by atoms with van der Waals surface area (Å²) < 4.78 is 14.1. The number of ether oxygens (including phenoxy) is 3. The van der Waals surface area contributed by atoms with E-state index in [1.807, 2.05) is 12.1 Å². The first-order valence-corrected chi connectivity index (χ1v) is 7.96. The summed E-state index contributed by atoms with van der Waals surface area (Å²) in [6.45, 7) is 2.66. The SMILES string of the molecule is C=CC(=O)OCOC(=O)Oc1ccc(C2CCC(C(=O)O)CC2)cc1.